The first-order chi connectivity index (χ1) is 33.6. The highest BCUT2D eigenvalue weighted by atomic mass is 32.2. The van der Waals surface area contributed by atoms with E-state index >= 15 is 0 Å². The average molecular weight is 1230 g/mol. The summed E-state index contributed by atoms with van der Waals surface area (Å²) >= 11 is 0. The molecule has 7 rings (SSSR count). The molecule has 0 amide bonds. The zero-order chi connectivity index (χ0) is 57.0. The molecule has 428 valence electrons. The standard InChI is InChI=1S/C20H26N2O8S3.C17H20N2O5S2.C3H6O3S.2CH4.2O3S/c1-5-21-32(26,27)18-12-14(33(28,29)30)11-16-15(18)7-8-17-19(16)20(3,4)13(2)22(17)9-6-10-31(23,24)25;1-5-18-25(20,21)15-9-11(26(22,23)24)8-13-12(15)6-7-14-16(13)17(3,4)10(2)19-14;4-7(5)3-1-2-6-7;;;2*1-4(2)3/h7-8,11-12,21H,5-6,9-10H2,1-4H3,(H-,23,24,25,28,29,30);6-9,18H,5H2,1-4H3,(H,22,23,24);1-3H2;2*1H4;;. The van der Waals surface area contributed by atoms with Crippen LogP contribution >= 0.6 is 0 Å². The smallest absolute Gasteiger partial charge is 0.425 e. The third-order valence-electron chi connectivity index (χ3n) is 11.6. The van der Waals surface area contributed by atoms with E-state index in [0.29, 0.717) is 46.1 Å². The molecular weight excluding hydrogens is 1170 g/mol. The van der Waals surface area contributed by atoms with Crippen LogP contribution in [0.3, 0.4) is 0 Å². The van der Waals surface area contributed by atoms with E-state index in [4.69, 9.17) is 25.3 Å². The van der Waals surface area contributed by atoms with Gasteiger partial charge in [-0.1, -0.05) is 48.6 Å². The molecular formula is C42H60N4O22S8. The third kappa shape index (κ3) is 17.2. The molecule has 34 heteroatoms. The third-order valence-corrected chi connectivity index (χ3v) is 18.5. The van der Waals surface area contributed by atoms with Gasteiger partial charge in [0.2, 0.25) is 25.7 Å². The fourth-order valence-corrected chi connectivity index (χ4v) is 13.2. The van der Waals surface area contributed by atoms with Crippen molar-refractivity contribution in [1.82, 2.24) is 9.44 Å². The topological polar surface area (TPSA) is 419 Å². The fourth-order valence-electron chi connectivity index (χ4n) is 8.01. The molecule has 1 fully saturated rings. The molecule has 4 N–H and O–H groups in total. The first kappa shape index (κ1) is 69.5. The van der Waals surface area contributed by atoms with Gasteiger partial charge in [-0.25, -0.2) is 34.7 Å². The second kappa shape index (κ2) is 25.9. The van der Waals surface area contributed by atoms with Gasteiger partial charge in [0.1, 0.15) is 6.54 Å². The van der Waals surface area contributed by atoms with Gasteiger partial charge >= 0.3 is 21.2 Å². The maximum atomic E-state index is 12.9. The minimum Gasteiger partial charge on any atom is -0.748 e. The van der Waals surface area contributed by atoms with Gasteiger partial charge in [0.05, 0.1) is 53.2 Å². The van der Waals surface area contributed by atoms with Gasteiger partial charge in [-0.15, -0.1) is 25.3 Å². The highest BCUT2D eigenvalue weighted by molar-refractivity contribution is 7.90. The molecule has 4 aromatic rings. The van der Waals surface area contributed by atoms with Crippen molar-refractivity contribution in [2.45, 2.75) is 113 Å². The van der Waals surface area contributed by atoms with Gasteiger partial charge in [-0.2, -0.15) is 29.8 Å². The predicted octanol–water partition coefficient (Wildman–Crippen LogP) is 3.48. The molecule has 0 aliphatic carbocycles. The van der Waals surface area contributed by atoms with Crippen molar-refractivity contribution in [2.24, 2.45) is 4.99 Å². The van der Waals surface area contributed by atoms with Crippen LogP contribution in [0.1, 0.15) is 94.2 Å². The molecule has 26 nitrogen and oxygen atoms in total. The molecule has 4 aromatic carbocycles. The van der Waals surface area contributed by atoms with Crippen molar-refractivity contribution in [2.75, 3.05) is 37.7 Å². The van der Waals surface area contributed by atoms with Gasteiger partial charge < -0.3 is 4.55 Å². The molecule has 0 spiro atoms. The zero-order valence-corrected chi connectivity index (χ0v) is 47.0. The number of aliphatic imine (C=N–C) groups is 1. The monoisotopic (exact) mass is 1230 g/mol. The minimum absolute atomic E-state index is 0. The normalized spacial score (nSPS) is 16.0. The van der Waals surface area contributed by atoms with E-state index in [-0.39, 0.29) is 61.8 Å². The second-order valence-corrected chi connectivity index (χ2v) is 27.5. The molecule has 0 bridgehead atoms. The van der Waals surface area contributed by atoms with Crippen molar-refractivity contribution in [3.05, 3.63) is 59.7 Å². The van der Waals surface area contributed by atoms with Crippen molar-refractivity contribution in [3.63, 3.8) is 0 Å². The van der Waals surface area contributed by atoms with Gasteiger partial charge in [0, 0.05) is 65.7 Å². The molecule has 0 saturated carbocycles. The summed E-state index contributed by atoms with van der Waals surface area (Å²) in [6, 6.07) is 11.1. The average Bonchev–Trinajstić information content (AvgIpc) is 3.82. The van der Waals surface area contributed by atoms with Gasteiger partial charge in [-0.05, 0) is 79.9 Å². The lowest BCUT2D eigenvalue weighted by molar-refractivity contribution is -0.438. The van der Waals surface area contributed by atoms with E-state index in [2.05, 4.69) is 18.6 Å². The van der Waals surface area contributed by atoms with Crippen LogP contribution in [0.15, 0.2) is 73.1 Å². The Morgan fingerprint density at radius 3 is 1.46 bits per heavy atom. The first-order valence-electron chi connectivity index (χ1n) is 21.3. The lowest BCUT2D eigenvalue weighted by atomic mass is 9.80. The number of nitrogens with one attached hydrogen (secondary N) is 2. The Hall–Kier alpha value is -4.56. The van der Waals surface area contributed by atoms with Crippen LogP contribution in [-0.2, 0) is 96.7 Å². The molecule has 0 atom stereocenters. The Balaban J connectivity index is 0.000000592. The van der Waals surface area contributed by atoms with Crippen molar-refractivity contribution >= 4 is 126 Å². The Bertz CT molecular complexity index is 3850. The lowest BCUT2D eigenvalue weighted by Gasteiger charge is -2.23. The molecule has 3 heterocycles. The van der Waals surface area contributed by atoms with Crippen molar-refractivity contribution < 1.29 is 98.2 Å². The van der Waals surface area contributed by atoms with E-state index in [0.717, 1.165) is 29.1 Å². The fraction of sp³-hybridized carbons (Fsp3) is 0.476. The van der Waals surface area contributed by atoms with Crippen LogP contribution in [0.25, 0.3) is 21.5 Å². The summed E-state index contributed by atoms with van der Waals surface area (Å²) in [7, 11) is -31.0. The number of nitrogens with zero attached hydrogens (tertiary/aromatic N) is 2. The summed E-state index contributed by atoms with van der Waals surface area (Å²) in [5.74, 6) is -0.328. The Morgan fingerprint density at radius 2 is 1.11 bits per heavy atom. The van der Waals surface area contributed by atoms with Crippen LogP contribution in [0.2, 0.25) is 0 Å². The summed E-state index contributed by atoms with van der Waals surface area (Å²) in [6.07, 6.45) is 0.740. The Morgan fingerprint density at radius 1 is 0.684 bits per heavy atom. The van der Waals surface area contributed by atoms with E-state index in [1.165, 1.54) is 12.1 Å². The zero-order valence-electron chi connectivity index (χ0n) is 40.5. The Labute approximate surface area is 446 Å². The molecule has 0 aromatic heterocycles. The van der Waals surface area contributed by atoms with E-state index in [1.807, 2.05) is 46.1 Å². The SMILES string of the molecule is C.C.CCNS(=O)(=O)c1cc(S(=O)(=O)O)cc2c3c(ccc12)N=C(C)C3(C)C.CCNS(=O)(=O)c1cc(S(=O)(=O)O)cc2c3c(ccc12)[N+](CCCS(=O)(=O)[O-])=C(C)C3(C)C.O=S(=O)=O.O=S(=O)=O.O=S1(=O)CCCO1. The summed E-state index contributed by atoms with van der Waals surface area (Å²) < 4.78 is 233. The molecule has 0 radical (unpaired) electrons. The highest BCUT2D eigenvalue weighted by Gasteiger charge is 2.45. The van der Waals surface area contributed by atoms with E-state index in [1.54, 1.807) is 38.1 Å². The van der Waals surface area contributed by atoms with Crippen LogP contribution in [0, 0.1) is 0 Å². The van der Waals surface area contributed by atoms with Crippen LogP contribution in [-0.4, -0.2) is 143 Å². The summed E-state index contributed by atoms with van der Waals surface area (Å²) in [5.41, 5.74) is 3.18. The van der Waals surface area contributed by atoms with Crippen molar-refractivity contribution in [3.8, 4) is 0 Å². The predicted molar refractivity (Wildman–Crippen MR) is 280 cm³/mol. The molecule has 3 aliphatic rings. The van der Waals surface area contributed by atoms with Crippen molar-refractivity contribution in [1.29, 1.82) is 0 Å². The number of benzene rings is 4. The van der Waals surface area contributed by atoms with Crippen LogP contribution in [0.4, 0.5) is 11.4 Å². The first-order valence-corrected chi connectivity index (χ1v) is 32.3. The van der Waals surface area contributed by atoms with Gasteiger partial charge in [0.15, 0.2) is 5.71 Å². The maximum absolute atomic E-state index is 12.9. The van der Waals surface area contributed by atoms with Crippen LogP contribution in [0.5, 0.6) is 0 Å². The van der Waals surface area contributed by atoms with E-state index < -0.39 is 108 Å². The second-order valence-electron chi connectivity index (χ2n) is 17.1. The summed E-state index contributed by atoms with van der Waals surface area (Å²) in [6.45, 7) is 15.4. The Kier molecular flexibility index (Phi) is 23.7. The minimum atomic E-state index is -4.72. The number of rotatable bonds is 12. The van der Waals surface area contributed by atoms with Gasteiger partial charge in [0.25, 0.3) is 30.4 Å². The van der Waals surface area contributed by atoms with Gasteiger partial charge in [-0.3, -0.25) is 18.3 Å². The lowest BCUT2D eigenvalue weighted by Crippen LogP contribution is -2.27. The molecule has 3 aliphatic heterocycles. The number of fused-ring (bicyclic) bond motifs is 6. The summed E-state index contributed by atoms with van der Waals surface area (Å²) in [5, 5.41) is 1.45. The molecule has 1 saturated heterocycles. The highest BCUT2D eigenvalue weighted by Crippen LogP contribution is 2.47. The van der Waals surface area contributed by atoms with E-state index in [9.17, 15) is 64.2 Å². The number of sulfonamides is 2. The largest absolute Gasteiger partial charge is 0.748 e. The number of hydrogen-bond donors (Lipinski definition) is 4. The maximum Gasteiger partial charge on any atom is 0.425 e. The molecule has 0 unspecified atom stereocenters. The summed E-state index contributed by atoms with van der Waals surface area (Å²) in [4.78, 5) is 3.04. The van der Waals surface area contributed by atoms with Crippen LogP contribution < -0.4 is 9.44 Å². The molecule has 76 heavy (non-hydrogen) atoms. The quantitative estimate of drug-likeness (QED) is 0.0896. The number of hydrogen-bond acceptors (Lipinski definition) is 21.